The van der Waals surface area contributed by atoms with Crippen molar-refractivity contribution in [3.8, 4) is 0 Å². The first-order valence-electron chi connectivity index (χ1n) is 2.97. The highest BCUT2D eigenvalue weighted by Crippen LogP contribution is 2.18. The lowest BCUT2D eigenvalue weighted by molar-refractivity contribution is 0.192. The normalized spacial score (nSPS) is 10.4. The van der Waals surface area contributed by atoms with E-state index in [1.54, 1.807) is 4.68 Å². The van der Waals surface area contributed by atoms with Crippen LogP contribution in [0.4, 0.5) is 0 Å². The van der Waals surface area contributed by atoms with Gasteiger partial charge in [-0.25, -0.2) is 4.68 Å². The maximum absolute atomic E-state index is 8.74. The van der Waals surface area contributed by atoms with E-state index < -0.39 is 0 Å². The molecule has 1 aromatic heterocycles. The highest BCUT2D eigenvalue weighted by Gasteiger charge is 2.06. The van der Waals surface area contributed by atoms with Crippen LogP contribution in [0.25, 0.3) is 0 Å². The highest BCUT2D eigenvalue weighted by molar-refractivity contribution is 9.10. The van der Waals surface area contributed by atoms with E-state index in [1.165, 1.54) is 0 Å². The lowest BCUT2D eigenvalue weighted by Gasteiger charge is -1.95. The Morgan fingerprint density at radius 3 is 2.40 bits per heavy atom. The molecule has 1 rings (SSSR count). The molecule has 0 spiro atoms. The Morgan fingerprint density at radius 2 is 2.20 bits per heavy atom. The van der Waals surface area contributed by atoms with Gasteiger partial charge in [0.1, 0.15) is 6.73 Å². The number of nitrogens with zero attached hydrogens (tertiary/aromatic N) is 2. The van der Waals surface area contributed by atoms with Crippen molar-refractivity contribution in [2.75, 3.05) is 0 Å². The summed E-state index contributed by atoms with van der Waals surface area (Å²) < 4.78 is 2.51. The molecule has 10 heavy (non-hydrogen) atoms. The van der Waals surface area contributed by atoms with Crippen LogP contribution in [-0.4, -0.2) is 14.9 Å². The molecule has 0 atom stereocenters. The van der Waals surface area contributed by atoms with Crippen molar-refractivity contribution in [3.63, 3.8) is 0 Å². The Hall–Kier alpha value is -0.350. The first kappa shape index (κ1) is 7.75. The number of aliphatic hydroxyl groups is 1. The average molecular weight is 205 g/mol. The van der Waals surface area contributed by atoms with Crippen molar-refractivity contribution in [1.82, 2.24) is 9.78 Å². The molecule has 56 valence electrons. The van der Waals surface area contributed by atoms with Crippen LogP contribution in [0.1, 0.15) is 11.4 Å². The molecule has 0 amide bonds. The van der Waals surface area contributed by atoms with Crippen LogP contribution in [0.2, 0.25) is 0 Å². The van der Waals surface area contributed by atoms with Gasteiger partial charge in [-0.15, -0.1) is 0 Å². The lowest BCUT2D eigenvalue weighted by atomic mass is 10.4. The summed E-state index contributed by atoms with van der Waals surface area (Å²) >= 11 is 3.35. The largest absolute Gasteiger partial charge is 0.374 e. The van der Waals surface area contributed by atoms with E-state index in [1.807, 2.05) is 13.8 Å². The zero-order valence-electron chi connectivity index (χ0n) is 5.93. The molecule has 0 aromatic carbocycles. The fourth-order valence-corrected chi connectivity index (χ4v) is 1.10. The average Bonchev–Trinajstić information content (AvgIpc) is 2.17. The van der Waals surface area contributed by atoms with Gasteiger partial charge in [0.25, 0.3) is 0 Å². The second kappa shape index (κ2) is 2.72. The summed E-state index contributed by atoms with van der Waals surface area (Å²) in [6.45, 7) is 3.74. The molecular weight excluding hydrogens is 196 g/mol. The minimum Gasteiger partial charge on any atom is -0.374 e. The smallest absolute Gasteiger partial charge is 0.136 e. The summed E-state index contributed by atoms with van der Waals surface area (Å²) in [6, 6.07) is 0. The minimum absolute atomic E-state index is 0.0573. The monoisotopic (exact) mass is 204 g/mol. The van der Waals surface area contributed by atoms with Gasteiger partial charge < -0.3 is 5.11 Å². The second-order valence-corrected chi connectivity index (χ2v) is 2.92. The first-order chi connectivity index (χ1) is 4.66. The van der Waals surface area contributed by atoms with Gasteiger partial charge in [0.15, 0.2) is 0 Å². The standard InChI is InChI=1S/C6H9BrN2O/c1-4-6(7)5(2)9(3-10)8-4/h10H,3H2,1-2H3. The van der Waals surface area contributed by atoms with Gasteiger partial charge in [0.2, 0.25) is 0 Å². The summed E-state index contributed by atoms with van der Waals surface area (Å²) in [5.41, 5.74) is 1.87. The molecule has 0 aliphatic rings. The molecule has 0 bridgehead atoms. The van der Waals surface area contributed by atoms with E-state index in [0.29, 0.717) is 0 Å². The number of aryl methyl sites for hydroxylation is 1. The fraction of sp³-hybridized carbons (Fsp3) is 0.500. The molecule has 0 saturated heterocycles. The van der Waals surface area contributed by atoms with Crippen molar-refractivity contribution < 1.29 is 5.11 Å². The van der Waals surface area contributed by atoms with Crippen LogP contribution in [-0.2, 0) is 6.73 Å². The maximum atomic E-state index is 8.74. The van der Waals surface area contributed by atoms with Crippen LogP contribution >= 0.6 is 15.9 Å². The number of aliphatic hydroxyl groups excluding tert-OH is 1. The van der Waals surface area contributed by atoms with Gasteiger partial charge >= 0.3 is 0 Å². The van der Waals surface area contributed by atoms with Gasteiger partial charge in [0, 0.05) is 0 Å². The Balaban J connectivity index is 3.17. The van der Waals surface area contributed by atoms with Crippen LogP contribution < -0.4 is 0 Å². The summed E-state index contributed by atoms with van der Waals surface area (Å²) in [4.78, 5) is 0. The predicted octanol–water partition coefficient (Wildman–Crippen LogP) is 1.21. The number of hydrogen-bond donors (Lipinski definition) is 1. The van der Waals surface area contributed by atoms with Crippen molar-refractivity contribution in [2.45, 2.75) is 20.6 Å². The van der Waals surface area contributed by atoms with Crippen LogP contribution in [0.3, 0.4) is 0 Å². The Morgan fingerprint density at radius 1 is 1.60 bits per heavy atom. The van der Waals surface area contributed by atoms with E-state index in [-0.39, 0.29) is 6.73 Å². The summed E-state index contributed by atoms with van der Waals surface area (Å²) in [7, 11) is 0. The molecular formula is C6H9BrN2O. The summed E-state index contributed by atoms with van der Waals surface area (Å²) in [5, 5.41) is 12.8. The van der Waals surface area contributed by atoms with Crippen LogP contribution in [0, 0.1) is 13.8 Å². The number of hydrogen-bond acceptors (Lipinski definition) is 2. The zero-order valence-corrected chi connectivity index (χ0v) is 7.51. The molecule has 1 aromatic rings. The second-order valence-electron chi connectivity index (χ2n) is 2.13. The van der Waals surface area contributed by atoms with Crippen molar-refractivity contribution in [2.24, 2.45) is 0 Å². The van der Waals surface area contributed by atoms with Crippen molar-refractivity contribution in [1.29, 1.82) is 0 Å². The fourth-order valence-electron chi connectivity index (χ4n) is 0.813. The molecule has 0 unspecified atom stereocenters. The Bertz CT molecular complexity index is 244. The van der Waals surface area contributed by atoms with Crippen LogP contribution in [0.15, 0.2) is 4.47 Å². The number of aromatic nitrogens is 2. The van der Waals surface area contributed by atoms with E-state index in [9.17, 15) is 0 Å². The third-order valence-electron chi connectivity index (χ3n) is 1.43. The molecule has 0 radical (unpaired) electrons. The molecule has 4 heteroatoms. The van der Waals surface area contributed by atoms with Crippen molar-refractivity contribution in [3.05, 3.63) is 15.9 Å². The van der Waals surface area contributed by atoms with E-state index in [4.69, 9.17) is 5.11 Å². The SMILES string of the molecule is Cc1nn(CO)c(C)c1Br. The topological polar surface area (TPSA) is 38.0 Å². The highest BCUT2D eigenvalue weighted by atomic mass is 79.9. The predicted molar refractivity (Wildman–Crippen MR) is 41.6 cm³/mol. The number of halogens is 1. The minimum atomic E-state index is -0.0573. The maximum Gasteiger partial charge on any atom is 0.136 e. The van der Waals surface area contributed by atoms with E-state index >= 15 is 0 Å². The van der Waals surface area contributed by atoms with Gasteiger partial charge in [-0.05, 0) is 29.8 Å². The molecule has 1 N–H and O–H groups in total. The zero-order chi connectivity index (χ0) is 7.72. The van der Waals surface area contributed by atoms with Gasteiger partial charge in [-0.3, -0.25) is 0 Å². The third-order valence-corrected chi connectivity index (χ3v) is 2.57. The Kier molecular flexibility index (Phi) is 2.11. The molecule has 3 nitrogen and oxygen atoms in total. The van der Waals surface area contributed by atoms with Gasteiger partial charge in [-0.2, -0.15) is 5.10 Å². The third kappa shape index (κ3) is 1.09. The molecule has 0 aliphatic heterocycles. The van der Waals surface area contributed by atoms with E-state index in [0.717, 1.165) is 15.9 Å². The van der Waals surface area contributed by atoms with Gasteiger partial charge in [0.05, 0.1) is 15.9 Å². The van der Waals surface area contributed by atoms with Crippen molar-refractivity contribution >= 4 is 15.9 Å². The Labute approximate surface area is 67.8 Å². The molecule has 0 aliphatic carbocycles. The number of rotatable bonds is 1. The van der Waals surface area contributed by atoms with Gasteiger partial charge in [-0.1, -0.05) is 0 Å². The molecule has 0 saturated carbocycles. The molecule has 1 heterocycles. The van der Waals surface area contributed by atoms with E-state index in [2.05, 4.69) is 21.0 Å². The summed E-state index contributed by atoms with van der Waals surface area (Å²) in [5.74, 6) is 0. The first-order valence-corrected chi connectivity index (χ1v) is 3.76. The quantitative estimate of drug-likeness (QED) is 0.748. The molecule has 0 fully saturated rings. The lowest BCUT2D eigenvalue weighted by Crippen LogP contribution is -2.00. The summed E-state index contributed by atoms with van der Waals surface area (Å²) in [6.07, 6.45) is 0. The van der Waals surface area contributed by atoms with Crippen LogP contribution in [0.5, 0.6) is 0 Å².